The molecule has 0 aliphatic carbocycles. The van der Waals surface area contributed by atoms with Crippen molar-refractivity contribution in [2.24, 2.45) is 4.99 Å². The summed E-state index contributed by atoms with van der Waals surface area (Å²) in [4.78, 5) is 43.7. The summed E-state index contributed by atoms with van der Waals surface area (Å²) in [6, 6.07) is 20.3. The van der Waals surface area contributed by atoms with Crippen molar-refractivity contribution in [3.8, 4) is 28.4 Å². The van der Waals surface area contributed by atoms with Gasteiger partial charge < -0.3 is 14.2 Å². The van der Waals surface area contributed by atoms with E-state index in [1.807, 2.05) is 30.3 Å². The van der Waals surface area contributed by atoms with E-state index in [2.05, 4.69) is 4.99 Å². The number of nitro benzene ring substituents is 1. The van der Waals surface area contributed by atoms with Crippen LogP contribution in [-0.4, -0.2) is 46.1 Å². The third-order valence-corrected chi connectivity index (χ3v) is 8.62. The van der Waals surface area contributed by atoms with Gasteiger partial charge in [-0.3, -0.25) is 19.5 Å². The molecule has 12 nitrogen and oxygen atoms in total. The number of thiazole rings is 1. The average molecular weight is 652 g/mol. The molecule has 0 amide bonds. The lowest BCUT2D eigenvalue weighted by molar-refractivity contribution is -0.385. The summed E-state index contributed by atoms with van der Waals surface area (Å²) in [6.45, 7) is 3.73. The monoisotopic (exact) mass is 651 g/mol. The van der Waals surface area contributed by atoms with Crippen molar-refractivity contribution in [1.29, 1.82) is 0 Å². The third kappa shape index (κ3) is 5.84. The molecule has 1 aliphatic heterocycles. The van der Waals surface area contributed by atoms with Gasteiger partial charge in [0.05, 0.1) is 53.3 Å². The number of ether oxygens (including phenoxy) is 3. The van der Waals surface area contributed by atoms with Gasteiger partial charge in [-0.15, -0.1) is 0 Å². The number of aromatic nitrogens is 3. The Balaban J connectivity index is 1.56. The number of methoxy groups -OCH3 is 2. The molecule has 0 fully saturated rings. The molecule has 238 valence electrons. The van der Waals surface area contributed by atoms with Crippen molar-refractivity contribution in [3.05, 3.63) is 131 Å². The SMILES string of the molecule is CCOc1ccc(-c2nn(-c3ccccc3)cc2/C=c2\sc3n(c2=O)C(c2ccc(OC)cc2)C(C(=O)OC)=C(C)N=3)cc1[N+](=O)[O-]. The number of carbonyl (C=O) groups excluding carboxylic acids is 1. The number of nitrogens with zero attached hydrogens (tertiary/aromatic N) is 5. The first kappa shape index (κ1) is 31.2. The van der Waals surface area contributed by atoms with Crippen molar-refractivity contribution in [3.63, 3.8) is 0 Å². The van der Waals surface area contributed by atoms with Crippen molar-refractivity contribution in [1.82, 2.24) is 14.3 Å². The Morgan fingerprint density at radius 3 is 2.49 bits per heavy atom. The number of carbonyl (C=O) groups is 1. The molecule has 0 saturated carbocycles. The maximum Gasteiger partial charge on any atom is 0.338 e. The van der Waals surface area contributed by atoms with Crippen molar-refractivity contribution in [2.45, 2.75) is 19.9 Å². The quantitative estimate of drug-likeness (QED) is 0.128. The fraction of sp³-hybridized carbons (Fsp3) is 0.176. The molecule has 1 aliphatic rings. The zero-order valence-electron chi connectivity index (χ0n) is 25.9. The number of fused-ring (bicyclic) bond motifs is 1. The number of nitro groups is 1. The van der Waals surface area contributed by atoms with E-state index in [9.17, 15) is 19.7 Å². The summed E-state index contributed by atoms with van der Waals surface area (Å²) < 4.78 is 19.4. The molecule has 6 rings (SSSR count). The van der Waals surface area contributed by atoms with Gasteiger partial charge in [0.25, 0.3) is 5.56 Å². The normalized spacial score (nSPS) is 14.4. The van der Waals surface area contributed by atoms with E-state index in [0.29, 0.717) is 43.2 Å². The Kier molecular flexibility index (Phi) is 8.55. The van der Waals surface area contributed by atoms with Gasteiger partial charge in [-0.05, 0) is 61.9 Å². The molecular formula is C34H29N5O7S. The van der Waals surface area contributed by atoms with E-state index in [4.69, 9.17) is 19.3 Å². The molecule has 1 atom stereocenters. The second-order valence-electron chi connectivity index (χ2n) is 10.4. The van der Waals surface area contributed by atoms with Gasteiger partial charge in [-0.25, -0.2) is 14.5 Å². The van der Waals surface area contributed by atoms with Crippen LogP contribution in [0.1, 0.15) is 31.0 Å². The van der Waals surface area contributed by atoms with Crippen LogP contribution in [0.2, 0.25) is 0 Å². The smallest absolute Gasteiger partial charge is 0.338 e. The summed E-state index contributed by atoms with van der Waals surface area (Å²) in [7, 11) is 2.84. The maximum atomic E-state index is 14.2. The summed E-state index contributed by atoms with van der Waals surface area (Å²) in [5.41, 5.74) is 2.97. The number of allylic oxidation sites excluding steroid dienone is 1. The zero-order chi connectivity index (χ0) is 33.2. The molecule has 0 bridgehead atoms. The first-order chi connectivity index (χ1) is 22.7. The van der Waals surface area contributed by atoms with Crippen molar-refractivity contribution in [2.75, 3.05) is 20.8 Å². The minimum atomic E-state index is -0.799. The fourth-order valence-corrected chi connectivity index (χ4v) is 6.49. The van der Waals surface area contributed by atoms with Gasteiger partial charge in [0, 0.05) is 23.4 Å². The number of rotatable bonds is 9. The highest BCUT2D eigenvalue weighted by molar-refractivity contribution is 7.07. The van der Waals surface area contributed by atoms with E-state index in [1.165, 1.54) is 29.1 Å². The zero-order valence-corrected chi connectivity index (χ0v) is 26.7. The van der Waals surface area contributed by atoms with E-state index in [1.54, 1.807) is 74.3 Å². The van der Waals surface area contributed by atoms with Gasteiger partial charge in [0.15, 0.2) is 10.6 Å². The van der Waals surface area contributed by atoms with Crippen LogP contribution in [0, 0.1) is 10.1 Å². The van der Waals surface area contributed by atoms with Crippen LogP contribution < -0.4 is 24.4 Å². The first-order valence-electron chi connectivity index (χ1n) is 14.6. The van der Waals surface area contributed by atoms with Crippen LogP contribution in [0.15, 0.2) is 100 Å². The number of hydrogen-bond acceptors (Lipinski definition) is 10. The summed E-state index contributed by atoms with van der Waals surface area (Å²) in [6.07, 6.45) is 3.45. The van der Waals surface area contributed by atoms with E-state index in [0.717, 1.165) is 5.69 Å². The van der Waals surface area contributed by atoms with Crippen LogP contribution in [0.25, 0.3) is 23.0 Å². The van der Waals surface area contributed by atoms with Gasteiger partial charge in [-0.2, -0.15) is 5.10 Å². The van der Waals surface area contributed by atoms with E-state index in [-0.39, 0.29) is 29.2 Å². The Labute approximate surface area is 272 Å². The Hall–Kier alpha value is -5.82. The number of benzene rings is 3. The van der Waals surface area contributed by atoms with Crippen molar-refractivity contribution >= 4 is 29.1 Å². The molecule has 1 unspecified atom stereocenters. The molecule has 0 radical (unpaired) electrons. The van der Waals surface area contributed by atoms with E-state index < -0.39 is 16.9 Å². The number of para-hydroxylation sites is 1. The molecule has 0 spiro atoms. The van der Waals surface area contributed by atoms with Gasteiger partial charge in [-0.1, -0.05) is 41.7 Å². The fourth-order valence-electron chi connectivity index (χ4n) is 5.45. The van der Waals surface area contributed by atoms with Crippen LogP contribution in [0.3, 0.4) is 0 Å². The number of esters is 1. The molecule has 0 saturated heterocycles. The molecule has 5 aromatic rings. The Morgan fingerprint density at radius 2 is 1.83 bits per heavy atom. The molecule has 13 heteroatoms. The Morgan fingerprint density at radius 1 is 1.09 bits per heavy atom. The predicted octanol–water partition coefficient (Wildman–Crippen LogP) is 4.58. The van der Waals surface area contributed by atoms with Crippen molar-refractivity contribution < 1.29 is 23.9 Å². The van der Waals surface area contributed by atoms with Gasteiger partial charge in [0.2, 0.25) is 0 Å². The first-order valence-corrected chi connectivity index (χ1v) is 15.4. The topological polar surface area (TPSA) is 140 Å². The lowest BCUT2D eigenvalue weighted by Gasteiger charge is -2.24. The largest absolute Gasteiger partial charge is 0.497 e. The molecule has 2 aromatic heterocycles. The molecule has 3 heterocycles. The minimum absolute atomic E-state index is 0.147. The molecule has 0 N–H and O–H groups in total. The third-order valence-electron chi connectivity index (χ3n) is 7.64. The second kappa shape index (κ2) is 12.9. The van der Waals surface area contributed by atoms with Crippen LogP contribution in [-0.2, 0) is 9.53 Å². The standard InChI is InChI=1S/C34H29N5O7S/c1-5-46-27-16-13-22(17-26(27)39(42)43)30-23(19-37(36-30)24-9-7-6-8-10-24)18-28-32(40)38-31(21-11-14-25(44-3)15-12-21)29(33(41)45-4)20(2)35-34(38)47-28/h6-19,31H,5H2,1-4H3/b28-18-. The summed E-state index contributed by atoms with van der Waals surface area (Å²) >= 11 is 1.17. The van der Waals surface area contributed by atoms with Gasteiger partial charge in [0.1, 0.15) is 11.4 Å². The van der Waals surface area contributed by atoms with Crippen LogP contribution >= 0.6 is 11.3 Å². The number of hydrogen-bond donors (Lipinski definition) is 0. The van der Waals surface area contributed by atoms with E-state index >= 15 is 0 Å². The molecular weight excluding hydrogens is 622 g/mol. The van der Waals surface area contributed by atoms with Gasteiger partial charge >= 0.3 is 11.7 Å². The predicted molar refractivity (Wildman–Crippen MR) is 176 cm³/mol. The lowest BCUT2D eigenvalue weighted by Crippen LogP contribution is -2.39. The average Bonchev–Trinajstić information content (AvgIpc) is 3.64. The Bertz CT molecular complexity index is 2220. The lowest BCUT2D eigenvalue weighted by atomic mass is 9.96. The van der Waals surface area contributed by atoms with Crippen LogP contribution in [0.5, 0.6) is 11.5 Å². The second-order valence-corrected chi connectivity index (χ2v) is 11.4. The highest BCUT2D eigenvalue weighted by Gasteiger charge is 2.33. The van der Waals surface area contributed by atoms with Crippen LogP contribution in [0.4, 0.5) is 5.69 Å². The highest BCUT2D eigenvalue weighted by Crippen LogP contribution is 2.34. The summed E-state index contributed by atoms with van der Waals surface area (Å²) in [5, 5.41) is 16.7. The maximum absolute atomic E-state index is 14.2. The molecule has 47 heavy (non-hydrogen) atoms. The summed E-state index contributed by atoms with van der Waals surface area (Å²) in [5.74, 6) is 0.178. The minimum Gasteiger partial charge on any atom is -0.497 e. The highest BCUT2D eigenvalue weighted by atomic mass is 32.1. The molecule has 3 aromatic carbocycles.